The van der Waals surface area contributed by atoms with Crippen LogP contribution in [-0.4, -0.2) is 188 Å². The number of methoxy groups -OCH3 is 1. The van der Waals surface area contributed by atoms with Gasteiger partial charge in [-0.2, -0.15) is 0 Å². The normalized spacial score (nSPS) is 40.0. The van der Waals surface area contributed by atoms with Crippen LogP contribution < -0.4 is 0 Å². The number of hydrogen-bond acceptors (Lipinski definition) is 14. The maximum atomic E-state index is 14.7. The van der Waals surface area contributed by atoms with Crippen LogP contribution in [0.5, 0.6) is 0 Å². The summed E-state index contributed by atoms with van der Waals surface area (Å²) in [6.45, 7) is 17.6. The molecule has 0 radical (unpaired) electrons. The smallest absolute Gasteiger partial charge is 0.126 e. The van der Waals surface area contributed by atoms with Crippen molar-refractivity contribution in [1.29, 1.82) is 0 Å². The van der Waals surface area contributed by atoms with Gasteiger partial charge in [-0.25, -0.2) is 0 Å². The third kappa shape index (κ3) is 16.3. The first-order valence-corrected chi connectivity index (χ1v) is 36.7. The SMILES string of the molecule is CC[C@H]1OC(=O)[C@H](C)[C@@H](O[C@H]2C[C@@](C)(OC)[C@@H](O)[C@H](C)O2)[C@H](C)[C@@H](O[C@@H]2O[C@H](C)C[C@H](N(C)C)[C@H]2O)[C@](C)(O)C[C@@H](C)CN(C(=O)CCCCCCCCCCCCP(Cl)(C2CCCC2)(C2CCCC2)C2CCCC2)[C@H](C)[C@@H](O)[C@]1(C)O. The van der Waals surface area contributed by atoms with Crippen LogP contribution in [0.4, 0.5) is 0 Å². The Labute approximate surface area is 501 Å². The predicted octanol–water partition coefficient (Wildman–Crippen LogP) is 11.6. The van der Waals surface area contributed by atoms with Gasteiger partial charge in [0.1, 0.15) is 30.0 Å². The minimum absolute atomic E-state index is 0.0886. The number of ether oxygens (including phenoxy) is 6. The van der Waals surface area contributed by atoms with Gasteiger partial charge in [0.05, 0.1) is 47.6 Å². The van der Waals surface area contributed by atoms with Crippen molar-refractivity contribution in [2.45, 2.75) is 350 Å². The molecule has 0 aromatic carbocycles. The average Bonchev–Trinajstić information content (AvgIpc) is 1.67. The van der Waals surface area contributed by atoms with Crippen LogP contribution in [0.15, 0.2) is 0 Å². The minimum Gasteiger partial charge on any atom is -0.388 e. The molecular weight excluding hydrogens is 1080 g/mol. The van der Waals surface area contributed by atoms with Gasteiger partial charge in [0.25, 0.3) is 0 Å². The van der Waals surface area contributed by atoms with Crippen molar-refractivity contribution in [1.82, 2.24) is 9.80 Å². The topological polar surface area (TPSA) is 197 Å². The number of aliphatic hydroxyl groups is 5. The van der Waals surface area contributed by atoms with Crippen LogP contribution in [0.25, 0.3) is 0 Å². The zero-order valence-electron chi connectivity index (χ0n) is 53.6. The largest absolute Gasteiger partial charge is 0.388 e. The number of halogens is 1. The Morgan fingerprint density at radius 2 is 1.26 bits per heavy atom. The Bertz CT molecular complexity index is 1910. The summed E-state index contributed by atoms with van der Waals surface area (Å²) in [5.41, 5.74) is -2.27. The van der Waals surface area contributed by atoms with Gasteiger partial charge >= 0.3 is 194 Å². The van der Waals surface area contributed by atoms with Crippen LogP contribution in [0.2, 0.25) is 0 Å². The van der Waals surface area contributed by atoms with E-state index >= 15 is 0 Å². The quantitative estimate of drug-likeness (QED) is 0.0368. The molecule has 18 atom stereocenters. The summed E-state index contributed by atoms with van der Waals surface area (Å²) < 4.78 is 38.3. The second-order valence-electron chi connectivity index (χ2n) is 28.5. The van der Waals surface area contributed by atoms with Crippen molar-refractivity contribution in [2.75, 3.05) is 33.9 Å². The van der Waals surface area contributed by atoms with Gasteiger partial charge in [0.2, 0.25) is 5.91 Å². The van der Waals surface area contributed by atoms with Gasteiger partial charge in [0.15, 0.2) is 12.6 Å². The van der Waals surface area contributed by atoms with Gasteiger partial charge in [-0.15, -0.1) is 0 Å². The monoisotopic (exact) mass is 1200 g/mol. The van der Waals surface area contributed by atoms with E-state index in [0.717, 1.165) is 36.2 Å². The fraction of sp³-hybridized carbons (Fsp3) is 0.969. The van der Waals surface area contributed by atoms with Gasteiger partial charge in [-0.05, 0) is 87.7 Å². The summed E-state index contributed by atoms with van der Waals surface area (Å²) in [7, 11) is 5.29. The zero-order valence-corrected chi connectivity index (χ0v) is 55.3. The predicted molar refractivity (Wildman–Crippen MR) is 328 cm³/mol. The fourth-order valence-electron chi connectivity index (χ4n) is 17.0. The van der Waals surface area contributed by atoms with Crippen molar-refractivity contribution >= 4 is 29.1 Å². The van der Waals surface area contributed by atoms with Gasteiger partial charge in [-0.1, -0.05) is 20.8 Å². The van der Waals surface area contributed by atoms with E-state index in [1.165, 1.54) is 136 Å². The first-order chi connectivity index (χ1) is 38.6. The van der Waals surface area contributed by atoms with E-state index in [0.29, 0.717) is 12.8 Å². The molecule has 480 valence electrons. The van der Waals surface area contributed by atoms with E-state index in [9.17, 15) is 35.1 Å². The molecule has 6 fully saturated rings. The molecule has 17 heteroatoms. The van der Waals surface area contributed by atoms with Crippen molar-refractivity contribution in [2.24, 2.45) is 17.8 Å². The van der Waals surface area contributed by atoms with Gasteiger partial charge < -0.3 is 63.8 Å². The standard InChI is InChI=1S/C65H120ClN2O13P/c1-14-53-65(10,75)58(71)47(6)68(54(69)37-23-21-19-17-15-16-18-20-22-30-38-82(66,49-31-24-25-32-49,50-33-26-27-34-50)51-35-28-29-36-51)42-43(2)40-63(8,74)60(81-62-56(70)52(67(11)12)39-44(3)77-62)45(4)57(46(5)61(73)79-53)80-55-41-64(9,76-13)59(72)48(7)78-55/h43-53,55-60,62,70-72,74-75H,14-42H2,1-13H3/t43-,44-,45+,46-,47-,48+,52+,53-,55+,56-,57+,58-,59+,60-,62+,63-,64-,65-/m1/s1. The number of likely N-dealkylation sites (N-methyl/N-ethyl adjacent to an activating group) is 1. The molecule has 5 N–H and O–H groups in total. The number of nitrogens with zero attached hydrogens (tertiary/aromatic N) is 2. The van der Waals surface area contributed by atoms with Crippen LogP contribution in [0, 0.1) is 17.8 Å². The molecule has 0 spiro atoms. The molecule has 0 aromatic rings. The molecule has 3 aliphatic carbocycles. The van der Waals surface area contributed by atoms with E-state index in [2.05, 4.69) is 0 Å². The number of carbonyl (C=O) groups excluding carboxylic acids is 2. The maximum absolute atomic E-state index is 14.7. The number of unbranched alkanes of at least 4 members (excludes halogenated alkanes) is 9. The minimum atomic E-state index is -2.34. The number of carbonyl (C=O) groups is 2. The summed E-state index contributed by atoms with van der Waals surface area (Å²) >= 11 is 8.55. The summed E-state index contributed by atoms with van der Waals surface area (Å²) in [6.07, 6.45) is 20.3. The number of cyclic esters (lactones) is 1. The van der Waals surface area contributed by atoms with Crippen molar-refractivity contribution in [3.63, 3.8) is 0 Å². The summed E-state index contributed by atoms with van der Waals surface area (Å²) in [5.74, 6) is -5.54. The van der Waals surface area contributed by atoms with Crippen molar-refractivity contribution in [3.05, 3.63) is 0 Å². The summed E-state index contributed by atoms with van der Waals surface area (Å²) in [5, 5.41) is 60.5. The Morgan fingerprint density at radius 1 is 0.744 bits per heavy atom. The van der Waals surface area contributed by atoms with Crippen molar-refractivity contribution in [3.8, 4) is 0 Å². The molecule has 1 amide bonds. The molecule has 6 rings (SSSR count). The molecule has 3 heterocycles. The Morgan fingerprint density at radius 3 is 1.76 bits per heavy atom. The molecule has 3 saturated carbocycles. The van der Waals surface area contributed by atoms with E-state index in [1.807, 2.05) is 39.8 Å². The molecule has 3 saturated heterocycles. The zero-order chi connectivity index (χ0) is 60.4. The Balaban J connectivity index is 1.12. The summed E-state index contributed by atoms with van der Waals surface area (Å²) in [4.78, 5) is 32.9. The average molecular weight is 1200 g/mol. The molecule has 82 heavy (non-hydrogen) atoms. The van der Waals surface area contributed by atoms with E-state index in [1.54, 1.807) is 46.4 Å². The third-order valence-corrected chi connectivity index (χ3v) is 32.6. The van der Waals surface area contributed by atoms with E-state index < -0.39 is 102 Å². The molecule has 3 aliphatic heterocycles. The first kappa shape index (κ1) is 70.3. The van der Waals surface area contributed by atoms with Crippen LogP contribution in [-0.2, 0) is 38.0 Å². The second-order valence-corrected chi connectivity index (χ2v) is 36.4. The number of amides is 1. The third-order valence-electron chi connectivity index (χ3n) is 21.9. The van der Waals surface area contributed by atoms with Crippen LogP contribution in [0.1, 0.15) is 243 Å². The molecule has 6 aliphatic rings. The molecule has 15 nitrogen and oxygen atoms in total. The molecule has 0 aromatic heterocycles. The molecule has 0 bridgehead atoms. The first-order valence-electron chi connectivity index (χ1n) is 33.2. The van der Waals surface area contributed by atoms with E-state index in [4.69, 9.17) is 39.7 Å². The Kier molecular flexibility index (Phi) is 26.3. The summed E-state index contributed by atoms with van der Waals surface area (Å²) in [6, 6.07) is -1.22. The van der Waals surface area contributed by atoms with Crippen LogP contribution >= 0.6 is 17.2 Å². The van der Waals surface area contributed by atoms with Gasteiger partial charge in [0, 0.05) is 32.0 Å². The van der Waals surface area contributed by atoms with Crippen LogP contribution in [0.3, 0.4) is 0 Å². The Hall–Kier alpha value is -0.780. The molecular formula is C65H120ClN2O13P. The second kappa shape index (κ2) is 30.6. The number of rotatable bonds is 23. The number of esters is 1. The van der Waals surface area contributed by atoms with Gasteiger partial charge in [-0.3, -0.25) is 9.59 Å². The van der Waals surface area contributed by atoms with Crippen molar-refractivity contribution < 1.29 is 63.5 Å². The van der Waals surface area contributed by atoms with E-state index in [-0.39, 0.29) is 56.2 Å². The fourth-order valence-corrected chi connectivity index (χ4v) is 27.5. The molecule has 0 unspecified atom stereocenters. The maximum Gasteiger partial charge on any atom is 0.126 e. The number of aliphatic hydroxyl groups excluding tert-OH is 3. The number of hydrogen-bond donors (Lipinski definition) is 5.